The fraction of sp³-hybridized carbons (Fsp3) is 0.176. The number of benzene rings is 1. The first-order valence-electron chi connectivity index (χ1n) is 6.82. The van der Waals surface area contributed by atoms with Crippen LogP contribution in [0.25, 0.3) is 6.08 Å². The fourth-order valence-electron chi connectivity index (χ4n) is 1.91. The Balaban J connectivity index is 2.19. The minimum atomic E-state index is -2.49. The van der Waals surface area contributed by atoms with Crippen LogP contribution in [0.5, 0.6) is 5.75 Å². The van der Waals surface area contributed by atoms with Crippen LogP contribution in [0.4, 0.5) is 8.78 Å². The highest BCUT2D eigenvalue weighted by Gasteiger charge is 2.14. The van der Waals surface area contributed by atoms with E-state index in [1.54, 1.807) is 18.2 Å². The molecule has 0 aliphatic heterocycles. The summed E-state index contributed by atoms with van der Waals surface area (Å²) in [6.07, 6.45) is 1.29. The molecule has 0 bridgehead atoms. The predicted octanol–water partition coefficient (Wildman–Crippen LogP) is 4.53. The Morgan fingerprint density at radius 2 is 2.21 bits per heavy atom. The van der Waals surface area contributed by atoms with Crippen molar-refractivity contribution in [3.05, 3.63) is 59.1 Å². The molecule has 0 saturated heterocycles. The van der Waals surface area contributed by atoms with Crippen LogP contribution in [0.3, 0.4) is 0 Å². The molecule has 1 heterocycles. The molecule has 1 aromatic carbocycles. The van der Waals surface area contributed by atoms with Crippen LogP contribution in [0, 0.1) is 11.3 Å². The lowest BCUT2D eigenvalue weighted by molar-refractivity contribution is 0.103. The van der Waals surface area contributed by atoms with Gasteiger partial charge in [0.05, 0.1) is 12.9 Å². The number of nitrogens with zero attached hydrogens (tertiary/aromatic N) is 1. The molecule has 1 aromatic heterocycles. The van der Waals surface area contributed by atoms with Crippen molar-refractivity contribution < 1.29 is 22.7 Å². The number of carbonyl (C=O) groups is 1. The Morgan fingerprint density at radius 3 is 2.88 bits per heavy atom. The minimum absolute atomic E-state index is 0.0111. The molecule has 0 amide bonds. The summed E-state index contributed by atoms with van der Waals surface area (Å²) >= 11 is 0.436. The van der Waals surface area contributed by atoms with E-state index >= 15 is 0 Å². The molecule has 0 radical (unpaired) electrons. The molecule has 0 fully saturated rings. The molecule has 0 N–H and O–H groups in total. The van der Waals surface area contributed by atoms with Gasteiger partial charge >= 0.3 is 0 Å². The Bertz CT molecular complexity index is 793. The highest BCUT2D eigenvalue weighted by Crippen LogP contribution is 2.23. The van der Waals surface area contributed by atoms with Gasteiger partial charge in [-0.05, 0) is 24.3 Å². The molecule has 0 spiro atoms. The van der Waals surface area contributed by atoms with Gasteiger partial charge < -0.3 is 9.15 Å². The van der Waals surface area contributed by atoms with E-state index in [-0.39, 0.29) is 17.1 Å². The zero-order valence-electron chi connectivity index (χ0n) is 12.7. The van der Waals surface area contributed by atoms with Crippen LogP contribution in [0.1, 0.15) is 21.9 Å². The number of Topliss-reactive ketones (excluding diaryl/α,β-unsaturated/α-hetero) is 1. The number of furan rings is 1. The van der Waals surface area contributed by atoms with E-state index < -0.39 is 11.5 Å². The van der Waals surface area contributed by atoms with Gasteiger partial charge in [0, 0.05) is 11.6 Å². The van der Waals surface area contributed by atoms with Gasteiger partial charge in [-0.1, -0.05) is 23.9 Å². The topological polar surface area (TPSA) is 63.2 Å². The second-order valence-corrected chi connectivity index (χ2v) is 5.58. The number of carbonyl (C=O) groups excluding carboxylic acids is 1. The molecule has 7 heteroatoms. The molecule has 0 unspecified atom stereocenters. The Morgan fingerprint density at radius 1 is 1.42 bits per heavy atom. The highest BCUT2D eigenvalue weighted by molar-refractivity contribution is 7.98. The number of ketones is 1. The van der Waals surface area contributed by atoms with E-state index in [0.29, 0.717) is 28.8 Å². The quantitative estimate of drug-likeness (QED) is 0.417. The first-order valence-corrected chi connectivity index (χ1v) is 7.87. The monoisotopic (exact) mass is 349 g/mol. The summed E-state index contributed by atoms with van der Waals surface area (Å²) in [6.45, 7) is 0. The van der Waals surface area contributed by atoms with E-state index in [9.17, 15) is 18.8 Å². The normalized spacial score (nSPS) is 11.4. The fourth-order valence-corrected chi connectivity index (χ4v) is 2.35. The number of methoxy groups -OCH3 is 1. The molecular formula is C17H13F2NO3S. The third kappa shape index (κ3) is 4.70. The second kappa shape index (κ2) is 8.31. The van der Waals surface area contributed by atoms with Crippen LogP contribution >= 0.6 is 11.8 Å². The van der Waals surface area contributed by atoms with E-state index in [1.807, 2.05) is 6.07 Å². The van der Waals surface area contributed by atoms with Gasteiger partial charge in [-0.25, -0.2) is 0 Å². The molecule has 4 nitrogen and oxygen atoms in total. The lowest BCUT2D eigenvalue weighted by Crippen LogP contribution is -2.02. The number of thioether (sulfide) groups is 1. The maximum absolute atomic E-state index is 12.4. The first kappa shape index (κ1) is 17.8. The lowest BCUT2D eigenvalue weighted by Gasteiger charge is -2.02. The third-order valence-electron chi connectivity index (χ3n) is 3.02. The number of hydrogen-bond donors (Lipinski definition) is 0. The summed E-state index contributed by atoms with van der Waals surface area (Å²) in [5, 5.41) is 9.21. The predicted molar refractivity (Wildman–Crippen MR) is 86.9 cm³/mol. The zero-order chi connectivity index (χ0) is 17.5. The summed E-state index contributed by atoms with van der Waals surface area (Å²) < 4.78 is 34.7. The number of rotatable bonds is 7. The van der Waals surface area contributed by atoms with E-state index in [0.717, 1.165) is 0 Å². The van der Waals surface area contributed by atoms with E-state index in [2.05, 4.69) is 0 Å². The number of halogens is 2. The molecule has 0 atom stereocenters. The van der Waals surface area contributed by atoms with Gasteiger partial charge in [-0.15, -0.1) is 0 Å². The summed E-state index contributed by atoms with van der Waals surface area (Å²) in [7, 11) is 1.48. The summed E-state index contributed by atoms with van der Waals surface area (Å²) in [5.41, 5.74) is 0.188. The average Bonchev–Trinajstić information content (AvgIpc) is 3.05. The summed E-state index contributed by atoms with van der Waals surface area (Å²) in [6, 6.07) is 11.3. The lowest BCUT2D eigenvalue weighted by atomic mass is 10.0. The summed E-state index contributed by atoms with van der Waals surface area (Å²) in [4.78, 5) is 12.4. The minimum Gasteiger partial charge on any atom is -0.497 e. The SMILES string of the molecule is COc1cccc(C(=O)/C(C#N)=C/c2ccc(CSC(F)F)o2)c1. The van der Waals surface area contributed by atoms with Crippen LogP contribution in [0.2, 0.25) is 0 Å². The van der Waals surface area contributed by atoms with Crippen molar-refractivity contribution in [1.82, 2.24) is 0 Å². The Hall–Kier alpha value is -2.59. The summed E-state index contributed by atoms with van der Waals surface area (Å²) in [5.74, 6) is -1.85. The van der Waals surface area contributed by atoms with Crippen molar-refractivity contribution in [2.45, 2.75) is 11.5 Å². The largest absolute Gasteiger partial charge is 0.497 e. The van der Waals surface area contributed by atoms with Gasteiger partial charge in [0.2, 0.25) is 5.78 Å². The maximum atomic E-state index is 12.4. The smallest absolute Gasteiger partial charge is 0.284 e. The molecule has 0 aliphatic carbocycles. The van der Waals surface area contributed by atoms with Crippen LogP contribution in [-0.4, -0.2) is 18.7 Å². The molecule has 2 rings (SSSR count). The van der Waals surface area contributed by atoms with Gasteiger partial charge in [-0.3, -0.25) is 4.79 Å². The Labute approximate surface area is 141 Å². The van der Waals surface area contributed by atoms with Crippen molar-refractivity contribution in [2.24, 2.45) is 0 Å². The van der Waals surface area contributed by atoms with Gasteiger partial charge in [0.15, 0.2) is 0 Å². The van der Waals surface area contributed by atoms with Gasteiger partial charge in [-0.2, -0.15) is 14.0 Å². The van der Waals surface area contributed by atoms with Gasteiger partial charge in [0.25, 0.3) is 5.76 Å². The molecule has 124 valence electrons. The second-order valence-electron chi connectivity index (χ2n) is 4.61. The number of ether oxygens (including phenoxy) is 1. The molecule has 0 saturated carbocycles. The molecule has 0 aliphatic rings. The highest BCUT2D eigenvalue weighted by atomic mass is 32.2. The average molecular weight is 349 g/mol. The molecule has 24 heavy (non-hydrogen) atoms. The van der Waals surface area contributed by atoms with Crippen molar-refractivity contribution in [3.63, 3.8) is 0 Å². The van der Waals surface area contributed by atoms with Crippen molar-refractivity contribution in [1.29, 1.82) is 5.26 Å². The number of alkyl halides is 2. The number of allylic oxidation sites excluding steroid dienone is 1. The number of nitriles is 1. The third-order valence-corrected chi connectivity index (χ3v) is 3.72. The van der Waals surface area contributed by atoms with E-state index in [4.69, 9.17) is 9.15 Å². The zero-order valence-corrected chi connectivity index (χ0v) is 13.5. The standard InChI is InChI=1S/C17H13F2NO3S/c1-22-13-4-2-3-11(7-13)16(21)12(9-20)8-14-5-6-15(23-14)10-24-17(18)19/h2-8,17H,10H2,1H3/b12-8+. The van der Waals surface area contributed by atoms with Crippen molar-refractivity contribution in [3.8, 4) is 11.8 Å². The van der Waals surface area contributed by atoms with E-state index in [1.165, 1.54) is 31.4 Å². The molecular weight excluding hydrogens is 336 g/mol. The Kier molecular flexibility index (Phi) is 6.15. The van der Waals surface area contributed by atoms with Crippen molar-refractivity contribution in [2.75, 3.05) is 7.11 Å². The van der Waals surface area contributed by atoms with Gasteiger partial charge in [0.1, 0.15) is 28.9 Å². The first-order chi connectivity index (χ1) is 11.5. The molecule has 2 aromatic rings. The maximum Gasteiger partial charge on any atom is 0.284 e. The van der Waals surface area contributed by atoms with Crippen LogP contribution in [-0.2, 0) is 5.75 Å². The van der Waals surface area contributed by atoms with Crippen molar-refractivity contribution >= 4 is 23.6 Å². The number of hydrogen-bond acceptors (Lipinski definition) is 5. The van der Waals surface area contributed by atoms with Crippen LogP contribution < -0.4 is 4.74 Å². The van der Waals surface area contributed by atoms with Crippen LogP contribution in [0.15, 0.2) is 46.4 Å².